The van der Waals surface area contributed by atoms with Crippen molar-refractivity contribution < 1.29 is 14.6 Å². The minimum absolute atomic E-state index is 0.0104. The molecule has 2 aromatic carbocycles. The number of ketones is 1. The van der Waals surface area contributed by atoms with E-state index in [2.05, 4.69) is 15.5 Å². The molecule has 3 rings (SSSR count). The summed E-state index contributed by atoms with van der Waals surface area (Å²) >= 11 is 2.87. The second-order valence-electron chi connectivity index (χ2n) is 6.22. The number of ether oxygens (including phenoxy) is 1. The maximum absolute atomic E-state index is 11.3. The Hall–Kier alpha value is -2.42. The number of hydrogen-bond donors (Lipinski definition) is 2. The summed E-state index contributed by atoms with van der Waals surface area (Å²) in [5, 5.41) is 22.3. The number of carbonyl (C=O) groups excluding carboxylic acids is 1. The predicted molar refractivity (Wildman–Crippen MR) is 113 cm³/mol. The lowest BCUT2D eigenvalue weighted by atomic mass is 10.1. The van der Waals surface area contributed by atoms with E-state index in [1.165, 1.54) is 35.6 Å². The number of anilines is 2. The molecular weight excluding hydrogens is 394 g/mol. The predicted octanol–water partition coefficient (Wildman–Crippen LogP) is 4.32. The first kappa shape index (κ1) is 20.3. The molecular formula is C20H21N3O3S2. The second-order valence-corrected chi connectivity index (χ2v) is 8.47. The lowest BCUT2D eigenvalue weighted by Gasteiger charge is -2.11. The van der Waals surface area contributed by atoms with Crippen molar-refractivity contribution in [3.63, 3.8) is 0 Å². The van der Waals surface area contributed by atoms with Crippen LogP contribution in [0.5, 0.6) is 5.75 Å². The Balaban J connectivity index is 1.43. The largest absolute Gasteiger partial charge is 0.491 e. The molecule has 0 aliphatic heterocycles. The number of nitrogens with one attached hydrogen (secondary N) is 1. The third-order valence-corrected chi connectivity index (χ3v) is 5.93. The Morgan fingerprint density at radius 1 is 1.18 bits per heavy atom. The number of rotatable bonds is 9. The monoisotopic (exact) mass is 415 g/mol. The van der Waals surface area contributed by atoms with Gasteiger partial charge in [-0.1, -0.05) is 40.8 Å². The highest BCUT2D eigenvalue weighted by atomic mass is 32.2. The van der Waals surface area contributed by atoms with Gasteiger partial charge in [-0.3, -0.25) is 4.79 Å². The fraction of sp³-hybridized carbons (Fsp3) is 0.250. The van der Waals surface area contributed by atoms with Crippen molar-refractivity contribution in [2.45, 2.75) is 24.3 Å². The minimum Gasteiger partial charge on any atom is -0.491 e. The first-order valence-electron chi connectivity index (χ1n) is 8.71. The van der Waals surface area contributed by atoms with Gasteiger partial charge in [0.15, 0.2) is 10.1 Å². The molecule has 2 N–H and O–H groups in total. The maximum Gasteiger partial charge on any atom is 0.210 e. The Labute approximate surface area is 172 Å². The quantitative estimate of drug-likeness (QED) is 0.398. The van der Waals surface area contributed by atoms with E-state index in [-0.39, 0.29) is 12.4 Å². The molecule has 0 saturated carbocycles. The minimum atomic E-state index is -0.644. The zero-order valence-electron chi connectivity index (χ0n) is 15.6. The average molecular weight is 416 g/mol. The molecule has 3 aromatic rings. The first-order valence-corrected chi connectivity index (χ1v) is 10.5. The van der Waals surface area contributed by atoms with Gasteiger partial charge in [0.25, 0.3) is 0 Å². The molecule has 0 bridgehead atoms. The third-order valence-electron chi connectivity index (χ3n) is 3.81. The van der Waals surface area contributed by atoms with Gasteiger partial charge in [0.05, 0.1) is 6.10 Å². The van der Waals surface area contributed by atoms with E-state index in [1.54, 1.807) is 24.3 Å². The molecule has 1 atom stereocenters. The number of benzene rings is 2. The van der Waals surface area contributed by atoms with E-state index < -0.39 is 6.10 Å². The zero-order valence-corrected chi connectivity index (χ0v) is 17.2. The topological polar surface area (TPSA) is 84.3 Å². The normalized spacial score (nSPS) is 11.8. The number of carbonyl (C=O) groups is 1. The molecule has 0 aliphatic carbocycles. The Morgan fingerprint density at radius 2 is 1.89 bits per heavy atom. The SMILES string of the molecule is CC(=O)c1ccc(OC[C@H](O)CSc2nnc(Nc3ccc(C)cc3)s2)cc1. The smallest absolute Gasteiger partial charge is 0.210 e. The van der Waals surface area contributed by atoms with Gasteiger partial charge >= 0.3 is 0 Å². The van der Waals surface area contributed by atoms with Gasteiger partial charge in [-0.25, -0.2) is 0 Å². The van der Waals surface area contributed by atoms with Crippen LogP contribution >= 0.6 is 23.1 Å². The van der Waals surface area contributed by atoms with Gasteiger partial charge < -0.3 is 15.2 Å². The highest BCUT2D eigenvalue weighted by Gasteiger charge is 2.11. The molecule has 1 heterocycles. The number of aliphatic hydroxyl groups is 1. The van der Waals surface area contributed by atoms with Crippen molar-refractivity contribution in [1.82, 2.24) is 10.2 Å². The van der Waals surface area contributed by atoms with Crippen molar-refractivity contribution in [2.75, 3.05) is 17.7 Å². The number of thioether (sulfide) groups is 1. The summed E-state index contributed by atoms with van der Waals surface area (Å²) in [6.07, 6.45) is -0.644. The van der Waals surface area contributed by atoms with Gasteiger partial charge in [-0.05, 0) is 50.2 Å². The van der Waals surface area contributed by atoms with E-state index in [4.69, 9.17) is 4.74 Å². The van der Waals surface area contributed by atoms with Gasteiger partial charge in [-0.15, -0.1) is 10.2 Å². The highest BCUT2D eigenvalue weighted by Crippen LogP contribution is 2.28. The van der Waals surface area contributed by atoms with E-state index in [1.807, 2.05) is 31.2 Å². The molecule has 0 aliphatic rings. The van der Waals surface area contributed by atoms with Crippen LogP contribution in [0.2, 0.25) is 0 Å². The summed E-state index contributed by atoms with van der Waals surface area (Å²) in [5.41, 5.74) is 2.79. The molecule has 0 spiro atoms. The van der Waals surface area contributed by atoms with Crippen LogP contribution in [0, 0.1) is 6.92 Å². The zero-order chi connectivity index (χ0) is 19.9. The van der Waals surface area contributed by atoms with Crippen LogP contribution < -0.4 is 10.1 Å². The highest BCUT2D eigenvalue weighted by molar-refractivity contribution is 8.01. The second kappa shape index (κ2) is 9.68. The number of aliphatic hydroxyl groups excluding tert-OH is 1. The number of aryl methyl sites for hydroxylation is 1. The van der Waals surface area contributed by atoms with Gasteiger partial charge in [-0.2, -0.15) is 0 Å². The van der Waals surface area contributed by atoms with E-state index in [9.17, 15) is 9.90 Å². The number of aromatic nitrogens is 2. The van der Waals surface area contributed by atoms with Crippen molar-refractivity contribution in [1.29, 1.82) is 0 Å². The summed E-state index contributed by atoms with van der Waals surface area (Å²) < 4.78 is 6.34. The standard InChI is InChI=1S/C20H21N3O3S2/c1-13-3-7-16(8-4-13)21-19-22-23-20(28-19)27-12-17(25)11-26-18-9-5-15(6-10-18)14(2)24/h3-10,17,25H,11-12H2,1-2H3,(H,21,22)/t17-/m0/s1. The lowest BCUT2D eigenvalue weighted by molar-refractivity contribution is 0.101. The van der Waals surface area contributed by atoms with Crippen LogP contribution in [0.15, 0.2) is 52.9 Å². The molecule has 8 heteroatoms. The van der Waals surface area contributed by atoms with Gasteiger partial charge in [0, 0.05) is 17.0 Å². The summed E-state index contributed by atoms with van der Waals surface area (Å²) in [4.78, 5) is 11.3. The van der Waals surface area contributed by atoms with Gasteiger partial charge in [0.1, 0.15) is 12.4 Å². The molecule has 0 unspecified atom stereocenters. The van der Waals surface area contributed by atoms with Crippen LogP contribution in [0.1, 0.15) is 22.8 Å². The van der Waals surface area contributed by atoms with Crippen LogP contribution in [-0.2, 0) is 0 Å². The van der Waals surface area contributed by atoms with Crippen LogP contribution in [0.4, 0.5) is 10.8 Å². The van der Waals surface area contributed by atoms with Crippen molar-refractivity contribution in [3.05, 3.63) is 59.7 Å². The van der Waals surface area contributed by atoms with Crippen LogP contribution in [0.25, 0.3) is 0 Å². The van der Waals surface area contributed by atoms with Crippen LogP contribution in [-0.4, -0.2) is 39.6 Å². The van der Waals surface area contributed by atoms with E-state index in [0.717, 1.165) is 10.0 Å². The Morgan fingerprint density at radius 3 is 2.57 bits per heavy atom. The molecule has 28 heavy (non-hydrogen) atoms. The van der Waals surface area contributed by atoms with Crippen LogP contribution in [0.3, 0.4) is 0 Å². The van der Waals surface area contributed by atoms with Gasteiger partial charge in [0.2, 0.25) is 5.13 Å². The molecule has 0 saturated heterocycles. The molecule has 0 amide bonds. The maximum atomic E-state index is 11.3. The lowest BCUT2D eigenvalue weighted by Crippen LogP contribution is -2.20. The summed E-state index contributed by atoms with van der Waals surface area (Å²) in [6, 6.07) is 14.9. The molecule has 146 valence electrons. The molecule has 0 radical (unpaired) electrons. The molecule has 1 aromatic heterocycles. The average Bonchev–Trinajstić information content (AvgIpc) is 3.14. The Bertz CT molecular complexity index is 911. The summed E-state index contributed by atoms with van der Waals surface area (Å²) in [7, 11) is 0. The van der Waals surface area contributed by atoms with Crippen molar-refractivity contribution >= 4 is 39.7 Å². The van der Waals surface area contributed by atoms with E-state index >= 15 is 0 Å². The van der Waals surface area contributed by atoms with Crippen molar-refractivity contribution in [3.8, 4) is 5.75 Å². The number of nitrogens with zero attached hydrogens (tertiary/aromatic N) is 2. The number of Topliss-reactive ketones (excluding diaryl/α,β-unsaturated/α-hetero) is 1. The number of hydrogen-bond acceptors (Lipinski definition) is 8. The molecule has 6 nitrogen and oxygen atoms in total. The fourth-order valence-corrected chi connectivity index (χ4v) is 3.98. The molecule has 0 fully saturated rings. The summed E-state index contributed by atoms with van der Waals surface area (Å²) in [5.74, 6) is 1.08. The van der Waals surface area contributed by atoms with Crippen molar-refractivity contribution in [2.24, 2.45) is 0 Å². The summed E-state index contributed by atoms with van der Waals surface area (Å²) in [6.45, 7) is 3.73. The third kappa shape index (κ3) is 6.05. The Kier molecular flexibility index (Phi) is 7.02. The van der Waals surface area contributed by atoms with E-state index in [0.29, 0.717) is 22.2 Å². The fourth-order valence-electron chi connectivity index (χ4n) is 2.27. The first-order chi connectivity index (χ1) is 13.5.